The van der Waals surface area contributed by atoms with Crippen molar-refractivity contribution < 1.29 is 9.53 Å². The Kier molecular flexibility index (Phi) is 2.52. The van der Waals surface area contributed by atoms with Crippen LogP contribution >= 0.6 is 0 Å². The van der Waals surface area contributed by atoms with E-state index in [4.69, 9.17) is 4.74 Å². The molecule has 1 aromatic rings. The van der Waals surface area contributed by atoms with Crippen LogP contribution < -0.4 is 9.64 Å². The molecule has 0 saturated carbocycles. The van der Waals surface area contributed by atoms with Gasteiger partial charge in [0.1, 0.15) is 5.75 Å². The molecule has 2 rings (SSSR count). The van der Waals surface area contributed by atoms with E-state index in [1.54, 1.807) is 12.0 Å². The minimum absolute atomic E-state index is 0.0140. The van der Waals surface area contributed by atoms with E-state index in [0.717, 1.165) is 17.0 Å². The zero-order valence-corrected chi connectivity index (χ0v) is 9.19. The minimum atomic E-state index is 0.0140. The van der Waals surface area contributed by atoms with Crippen LogP contribution in [0.1, 0.15) is 6.42 Å². The summed E-state index contributed by atoms with van der Waals surface area (Å²) in [5.41, 5.74) is 2.26. The lowest BCUT2D eigenvalue weighted by atomic mass is 10.2. The molecule has 0 radical (unpaired) electrons. The van der Waals surface area contributed by atoms with Crippen LogP contribution in [0, 0.1) is 0 Å². The Morgan fingerprint density at radius 2 is 1.88 bits per heavy atom. The Morgan fingerprint density at radius 1 is 1.25 bits per heavy atom. The van der Waals surface area contributed by atoms with Crippen LogP contribution in [-0.2, 0) is 4.79 Å². The Hall–Kier alpha value is -2.03. The van der Waals surface area contributed by atoms with E-state index in [0.29, 0.717) is 12.1 Å². The van der Waals surface area contributed by atoms with Gasteiger partial charge in [-0.1, -0.05) is 13.2 Å². The molecule has 0 atom stereocenters. The molecule has 1 fully saturated rings. The highest BCUT2D eigenvalue weighted by Gasteiger charge is 2.28. The normalized spacial score (nSPS) is 15.8. The number of carbonyl (C=O) groups is 1. The molecule has 16 heavy (non-hydrogen) atoms. The first-order valence-electron chi connectivity index (χ1n) is 4.97. The second-order valence-electron chi connectivity index (χ2n) is 3.65. The summed E-state index contributed by atoms with van der Waals surface area (Å²) in [5, 5.41) is 0. The Bertz CT molecular complexity index is 459. The van der Waals surface area contributed by atoms with Gasteiger partial charge < -0.3 is 4.74 Å². The number of ether oxygens (including phenoxy) is 1. The highest BCUT2D eigenvalue weighted by Crippen LogP contribution is 2.32. The second kappa shape index (κ2) is 3.85. The fourth-order valence-corrected chi connectivity index (χ4v) is 1.70. The topological polar surface area (TPSA) is 29.5 Å². The molecule has 0 N–H and O–H groups in total. The molecule has 0 aromatic heterocycles. The predicted molar refractivity (Wildman–Crippen MR) is 63.4 cm³/mol. The van der Waals surface area contributed by atoms with Gasteiger partial charge >= 0.3 is 0 Å². The van der Waals surface area contributed by atoms with Crippen molar-refractivity contribution in [1.29, 1.82) is 0 Å². The van der Waals surface area contributed by atoms with Crippen LogP contribution in [0.3, 0.4) is 0 Å². The van der Waals surface area contributed by atoms with Crippen molar-refractivity contribution in [3.05, 3.63) is 48.7 Å². The van der Waals surface area contributed by atoms with Gasteiger partial charge in [-0.15, -0.1) is 0 Å². The Labute approximate surface area is 94.6 Å². The van der Waals surface area contributed by atoms with Crippen molar-refractivity contribution in [2.24, 2.45) is 0 Å². The number of allylic oxidation sites excluding steroid dienone is 1. The number of hydrogen-bond acceptors (Lipinski definition) is 2. The second-order valence-corrected chi connectivity index (χ2v) is 3.65. The average Bonchev–Trinajstić information content (AvgIpc) is 2.54. The van der Waals surface area contributed by atoms with E-state index >= 15 is 0 Å². The predicted octanol–water partition coefficient (Wildman–Crippen LogP) is 2.50. The van der Waals surface area contributed by atoms with Gasteiger partial charge in [-0.25, -0.2) is 0 Å². The summed E-state index contributed by atoms with van der Waals surface area (Å²) in [6, 6.07) is 7.30. The van der Waals surface area contributed by atoms with E-state index < -0.39 is 0 Å². The average molecular weight is 215 g/mol. The first-order valence-corrected chi connectivity index (χ1v) is 4.97. The van der Waals surface area contributed by atoms with Gasteiger partial charge in [-0.05, 0) is 29.8 Å². The first-order chi connectivity index (χ1) is 7.63. The highest BCUT2D eigenvalue weighted by atomic mass is 16.5. The van der Waals surface area contributed by atoms with Crippen LogP contribution in [0.5, 0.6) is 5.75 Å². The number of hydrogen-bond donors (Lipinski definition) is 0. The molecular formula is C13H13NO2. The summed E-state index contributed by atoms with van der Waals surface area (Å²) >= 11 is 0. The van der Waals surface area contributed by atoms with Crippen molar-refractivity contribution >= 4 is 11.6 Å². The number of methoxy groups -OCH3 is 1. The third-order valence-corrected chi connectivity index (χ3v) is 2.62. The van der Waals surface area contributed by atoms with Crippen LogP contribution in [0.2, 0.25) is 0 Å². The first kappa shape index (κ1) is 10.5. The molecule has 3 heteroatoms. The minimum Gasteiger partial charge on any atom is -0.497 e. The van der Waals surface area contributed by atoms with E-state index in [-0.39, 0.29) is 5.91 Å². The SMILES string of the molecule is C=C1CC(=O)N(c2ccc(OC)cc2)C1=C. The van der Waals surface area contributed by atoms with Crippen LogP contribution in [-0.4, -0.2) is 13.0 Å². The van der Waals surface area contributed by atoms with Crippen molar-refractivity contribution in [1.82, 2.24) is 0 Å². The van der Waals surface area contributed by atoms with E-state index in [1.807, 2.05) is 24.3 Å². The molecule has 1 saturated heterocycles. The van der Waals surface area contributed by atoms with E-state index in [1.165, 1.54) is 0 Å². The number of nitrogens with zero attached hydrogens (tertiary/aromatic N) is 1. The molecule has 0 unspecified atom stereocenters. The van der Waals surface area contributed by atoms with Crippen LogP contribution in [0.25, 0.3) is 0 Å². The summed E-state index contributed by atoms with van der Waals surface area (Å²) in [6.07, 6.45) is 0.352. The molecule has 1 aliphatic rings. The standard InChI is InChI=1S/C13H13NO2/c1-9-8-13(15)14(10(9)2)11-4-6-12(16-3)7-5-11/h4-7H,1-2,8H2,3H3. The zero-order chi connectivity index (χ0) is 11.7. The van der Waals surface area contributed by atoms with Gasteiger partial charge in [-0.3, -0.25) is 9.69 Å². The summed E-state index contributed by atoms with van der Waals surface area (Å²) in [4.78, 5) is 13.3. The zero-order valence-electron chi connectivity index (χ0n) is 9.19. The summed E-state index contributed by atoms with van der Waals surface area (Å²) < 4.78 is 5.06. The van der Waals surface area contributed by atoms with Gasteiger partial charge in [0.15, 0.2) is 0 Å². The fraction of sp³-hybridized carbons (Fsp3) is 0.154. The van der Waals surface area contributed by atoms with Crippen molar-refractivity contribution in [2.75, 3.05) is 12.0 Å². The molecule has 82 valence electrons. The lowest BCUT2D eigenvalue weighted by molar-refractivity contribution is -0.116. The molecular weight excluding hydrogens is 202 g/mol. The van der Waals surface area contributed by atoms with Crippen molar-refractivity contribution in [3.63, 3.8) is 0 Å². The molecule has 1 heterocycles. The number of carbonyl (C=O) groups excluding carboxylic acids is 1. The molecule has 3 nitrogen and oxygen atoms in total. The number of anilines is 1. The van der Waals surface area contributed by atoms with E-state index in [9.17, 15) is 4.79 Å². The smallest absolute Gasteiger partial charge is 0.236 e. The number of rotatable bonds is 2. The maximum Gasteiger partial charge on any atom is 0.236 e. The monoisotopic (exact) mass is 215 g/mol. The summed E-state index contributed by atoms with van der Waals surface area (Å²) in [5.74, 6) is 0.778. The third-order valence-electron chi connectivity index (χ3n) is 2.62. The lowest BCUT2D eigenvalue weighted by Gasteiger charge is -2.17. The maximum atomic E-state index is 11.7. The number of amides is 1. The fourth-order valence-electron chi connectivity index (χ4n) is 1.70. The third kappa shape index (κ3) is 1.60. The Morgan fingerprint density at radius 3 is 2.31 bits per heavy atom. The van der Waals surface area contributed by atoms with Gasteiger partial charge in [0.2, 0.25) is 5.91 Å². The largest absolute Gasteiger partial charge is 0.497 e. The van der Waals surface area contributed by atoms with Gasteiger partial charge in [0.05, 0.1) is 13.5 Å². The van der Waals surface area contributed by atoms with Crippen molar-refractivity contribution in [2.45, 2.75) is 6.42 Å². The maximum absolute atomic E-state index is 11.7. The molecule has 1 aromatic carbocycles. The molecule has 0 bridgehead atoms. The van der Waals surface area contributed by atoms with Crippen LogP contribution in [0.15, 0.2) is 48.7 Å². The number of benzene rings is 1. The lowest BCUT2D eigenvalue weighted by Crippen LogP contribution is -2.21. The van der Waals surface area contributed by atoms with E-state index in [2.05, 4.69) is 13.2 Å². The summed E-state index contributed by atoms with van der Waals surface area (Å²) in [6.45, 7) is 7.67. The molecule has 1 aliphatic heterocycles. The molecule has 0 aliphatic carbocycles. The van der Waals surface area contributed by atoms with Crippen molar-refractivity contribution in [3.8, 4) is 5.75 Å². The quantitative estimate of drug-likeness (QED) is 0.758. The highest BCUT2D eigenvalue weighted by molar-refractivity contribution is 6.03. The van der Waals surface area contributed by atoms with Crippen LogP contribution in [0.4, 0.5) is 5.69 Å². The summed E-state index contributed by atoms with van der Waals surface area (Å²) in [7, 11) is 1.61. The van der Waals surface area contributed by atoms with Gasteiger partial charge in [0.25, 0.3) is 0 Å². The molecule has 1 amide bonds. The Balaban J connectivity index is 2.33. The van der Waals surface area contributed by atoms with Gasteiger partial charge in [-0.2, -0.15) is 0 Å². The van der Waals surface area contributed by atoms with Gasteiger partial charge in [0, 0.05) is 11.4 Å². The molecule has 0 spiro atoms.